The van der Waals surface area contributed by atoms with Crippen LogP contribution in [0.15, 0.2) is 42.5 Å². The third-order valence-electron chi connectivity index (χ3n) is 2.95. The molecule has 0 bridgehead atoms. The molecule has 0 unspecified atom stereocenters. The van der Waals surface area contributed by atoms with Crippen LogP contribution in [0.1, 0.15) is 15.9 Å². The van der Waals surface area contributed by atoms with Crippen molar-refractivity contribution >= 4 is 5.91 Å². The van der Waals surface area contributed by atoms with Crippen LogP contribution in [-0.4, -0.2) is 18.7 Å². The van der Waals surface area contributed by atoms with Crippen molar-refractivity contribution < 1.29 is 31.5 Å². The maximum Gasteiger partial charge on any atom is 0.422 e. The Kier molecular flexibility index (Phi) is 5.38. The number of alkyl halides is 3. The lowest BCUT2D eigenvalue weighted by atomic mass is 10.1. The normalized spacial score (nSPS) is 11.2. The van der Waals surface area contributed by atoms with Crippen LogP contribution >= 0.6 is 0 Å². The third-order valence-corrected chi connectivity index (χ3v) is 2.95. The number of halogens is 5. The maximum absolute atomic E-state index is 13.5. The van der Waals surface area contributed by atoms with Crippen molar-refractivity contribution in [2.24, 2.45) is 0 Å². The molecule has 24 heavy (non-hydrogen) atoms. The van der Waals surface area contributed by atoms with Crippen LogP contribution in [0.25, 0.3) is 0 Å². The second-order valence-corrected chi connectivity index (χ2v) is 4.85. The highest BCUT2D eigenvalue weighted by Crippen LogP contribution is 2.19. The molecule has 0 radical (unpaired) electrons. The molecule has 0 spiro atoms. The van der Waals surface area contributed by atoms with Gasteiger partial charge in [-0.25, -0.2) is 8.78 Å². The molecule has 0 atom stereocenters. The van der Waals surface area contributed by atoms with Gasteiger partial charge < -0.3 is 10.1 Å². The highest BCUT2D eigenvalue weighted by Gasteiger charge is 2.28. The van der Waals surface area contributed by atoms with Crippen LogP contribution < -0.4 is 10.1 Å². The van der Waals surface area contributed by atoms with Gasteiger partial charge in [0.2, 0.25) is 0 Å². The van der Waals surface area contributed by atoms with E-state index in [0.29, 0.717) is 11.6 Å². The first-order chi connectivity index (χ1) is 11.2. The second kappa shape index (κ2) is 7.29. The Labute approximate surface area is 134 Å². The van der Waals surface area contributed by atoms with Gasteiger partial charge in [0.1, 0.15) is 17.4 Å². The van der Waals surface area contributed by atoms with E-state index in [1.54, 1.807) is 0 Å². The molecule has 128 valence electrons. The molecule has 3 nitrogen and oxygen atoms in total. The monoisotopic (exact) mass is 345 g/mol. The summed E-state index contributed by atoms with van der Waals surface area (Å²) in [6.45, 7) is -1.37. The predicted molar refractivity (Wildman–Crippen MR) is 75.5 cm³/mol. The van der Waals surface area contributed by atoms with Gasteiger partial charge in [-0.2, -0.15) is 13.2 Å². The lowest BCUT2D eigenvalue weighted by Crippen LogP contribution is -2.24. The van der Waals surface area contributed by atoms with E-state index in [1.807, 2.05) is 0 Å². The molecule has 0 aliphatic rings. The summed E-state index contributed by atoms with van der Waals surface area (Å²) >= 11 is 0. The van der Waals surface area contributed by atoms with E-state index in [9.17, 15) is 26.7 Å². The molecule has 2 aromatic rings. The molecule has 0 heterocycles. The van der Waals surface area contributed by atoms with Crippen molar-refractivity contribution in [2.75, 3.05) is 6.61 Å². The number of rotatable bonds is 5. The number of carbonyl (C=O) groups excluding carboxylic acids is 1. The van der Waals surface area contributed by atoms with E-state index in [-0.39, 0.29) is 17.9 Å². The molecule has 1 amide bonds. The number of nitrogens with one attached hydrogen (secondary N) is 1. The molecule has 0 saturated carbocycles. The lowest BCUT2D eigenvalue weighted by molar-refractivity contribution is -0.153. The van der Waals surface area contributed by atoms with Crippen molar-refractivity contribution in [3.63, 3.8) is 0 Å². The maximum atomic E-state index is 13.5. The molecule has 8 heteroatoms. The van der Waals surface area contributed by atoms with Crippen LogP contribution in [0.2, 0.25) is 0 Å². The highest BCUT2D eigenvalue weighted by atomic mass is 19.4. The molecule has 0 fully saturated rings. The summed E-state index contributed by atoms with van der Waals surface area (Å²) in [5.74, 6) is -2.47. The van der Waals surface area contributed by atoms with Crippen molar-refractivity contribution in [1.29, 1.82) is 0 Å². The molecule has 0 aliphatic heterocycles. The summed E-state index contributed by atoms with van der Waals surface area (Å²) in [5.41, 5.74) is 0.270. The molecule has 1 N–H and O–H groups in total. The summed E-state index contributed by atoms with van der Waals surface area (Å²) in [5, 5.41) is 2.43. The third kappa shape index (κ3) is 5.22. The fourth-order valence-corrected chi connectivity index (χ4v) is 1.82. The van der Waals surface area contributed by atoms with Gasteiger partial charge in [-0.1, -0.05) is 12.1 Å². The standard InChI is InChI=1S/C16H12F5NO2/c17-11-3-6-13(14(18)7-11)15(23)22-8-10-1-4-12(5-2-10)24-9-16(19,20)21/h1-7H,8-9H2,(H,22,23). The first-order valence-electron chi connectivity index (χ1n) is 6.76. The number of hydrogen-bond acceptors (Lipinski definition) is 2. The number of amides is 1. The predicted octanol–water partition coefficient (Wildman–Crippen LogP) is 3.84. The van der Waals surface area contributed by atoms with Gasteiger partial charge in [0.25, 0.3) is 5.91 Å². The zero-order valence-corrected chi connectivity index (χ0v) is 12.2. The molecule has 0 saturated heterocycles. The van der Waals surface area contributed by atoms with Crippen molar-refractivity contribution in [3.8, 4) is 5.75 Å². The van der Waals surface area contributed by atoms with Gasteiger partial charge in [0.05, 0.1) is 5.56 Å². The Balaban J connectivity index is 1.91. The van der Waals surface area contributed by atoms with Gasteiger partial charge in [-0.3, -0.25) is 4.79 Å². The number of benzene rings is 2. The molecule has 0 aliphatic carbocycles. The van der Waals surface area contributed by atoms with E-state index < -0.39 is 30.3 Å². The van der Waals surface area contributed by atoms with Crippen LogP contribution in [0, 0.1) is 11.6 Å². The zero-order chi connectivity index (χ0) is 17.7. The van der Waals surface area contributed by atoms with Gasteiger partial charge in [-0.05, 0) is 29.8 Å². The summed E-state index contributed by atoms with van der Waals surface area (Å²) in [6.07, 6.45) is -4.42. The van der Waals surface area contributed by atoms with Crippen molar-refractivity contribution in [2.45, 2.75) is 12.7 Å². The Morgan fingerprint density at radius 2 is 1.71 bits per heavy atom. The van der Waals surface area contributed by atoms with Crippen LogP contribution in [-0.2, 0) is 6.54 Å². The topological polar surface area (TPSA) is 38.3 Å². The zero-order valence-electron chi connectivity index (χ0n) is 12.2. The Bertz CT molecular complexity index is 713. The fraction of sp³-hybridized carbons (Fsp3) is 0.188. The fourth-order valence-electron chi connectivity index (χ4n) is 1.82. The van der Waals surface area contributed by atoms with Crippen LogP contribution in [0.4, 0.5) is 22.0 Å². The SMILES string of the molecule is O=C(NCc1ccc(OCC(F)(F)F)cc1)c1ccc(F)cc1F. The molecule has 2 rings (SSSR count). The van der Waals surface area contributed by atoms with E-state index in [2.05, 4.69) is 10.1 Å². The minimum absolute atomic E-state index is 0.0230. The van der Waals surface area contributed by atoms with E-state index in [4.69, 9.17) is 0 Å². The molecular weight excluding hydrogens is 333 g/mol. The molecule has 2 aromatic carbocycles. The van der Waals surface area contributed by atoms with Crippen molar-refractivity contribution in [3.05, 3.63) is 65.2 Å². The highest BCUT2D eigenvalue weighted by molar-refractivity contribution is 5.94. The van der Waals surface area contributed by atoms with Gasteiger partial charge in [0.15, 0.2) is 6.61 Å². The van der Waals surface area contributed by atoms with Gasteiger partial charge in [-0.15, -0.1) is 0 Å². The van der Waals surface area contributed by atoms with E-state index in [1.165, 1.54) is 24.3 Å². The first kappa shape index (κ1) is 17.7. The van der Waals surface area contributed by atoms with E-state index in [0.717, 1.165) is 12.1 Å². The van der Waals surface area contributed by atoms with Gasteiger partial charge >= 0.3 is 6.18 Å². The largest absolute Gasteiger partial charge is 0.484 e. The lowest BCUT2D eigenvalue weighted by Gasteiger charge is -2.10. The van der Waals surface area contributed by atoms with Crippen LogP contribution in [0.5, 0.6) is 5.75 Å². The number of carbonyl (C=O) groups is 1. The molecule has 0 aromatic heterocycles. The van der Waals surface area contributed by atoms with Gasteiger partial charge in [0, 0.05) is 12.6 Å². The Hall–Kier alpha value is -2.64. The summed E-state index contributed by atoms with van der Waals surface area (Å²) in [6, 6.07) is 8.16. The summed E-state index contributed by atoms with van der Waals surface area (Å²) < 4.78 is 66.9. The minimum Gasteiger partial charge on any atom is -0.484 e. The first-order valence-corrected chi connectivity index (χ1v) is 6.76. The summed E-state index contributed by atoms with van der Waals surface area (Å²) in [7, 11) is 0. The summed E-state index contributed by atoms with van der Waals surface area (Å²) in [4.78, 5) is 11.8. The molecular formula is C16H12F5NO2. The number of hydrogen-bond donors (Lipinski definition) is 1. The minimum atomic E-state index is -4.42. The van der Waals surface area contributed by atoms with Crippen molar-refractivity contribution in [1.82, 2.24) is 5.32 Å². The smallest absolute Gasteiger partial charge is 0.422 e. The second-order valence-electron chi connectivity index (χ2n) is 4.85. The van der Waals surface area contributed by atoms with E-state index >= 15 is 0 Å². The van der Waals surface area contributed by atoms with Crippen LogP contribution in [0.3, 0.4) is 0 Å². The Morgan fingerprint density at radius 3 is 2.29 bits per heavy atom. The average molecular weight is 345 g/mol. The average Bonchev–Trinajstić information content (AvgIpc) is 2.51. The quantitative estimate of drug-likeness (QED) is 0.837. The Morgan fingerprint density at radius 1 is 1.04 bits per heavy atom. The number of ether oxygens (including phenoxy) is 1.